The lowest BCUT2D eigenvalue weighted by atomic mass is 9.72. The SMILES string of the molecule is O=C1OC2(C3=C(C=C(O)C(C(=O)O)C3Cl)Oc3cc(O)ccc32)c2ccccc21. The van der Waals surface area contributed by atoms with Gasteiger partial charge in [-0.15, -0.1) is 11.6 Å². The molecule has 3 unspecified atom stereocenters. The molecule has 0 saturated heterocycles. The van der Waals surface area contributed by atoms with Crippen LogP contribution >= 0.6 is 11.6 Å². The number of hydrogen-bond donors (Lipinski definition) is 3. The highest BCUT2D eigenvalue weighted by Gasteiger charge is 2.59. The van der Waals surface area contributed by atoms with Crippen LogP contribution in [-0.2, 0) is 15.1 Å². The maximum Gasteiger partial charge on any atom is 0.340 e. The van der Waals surface area contributed by atoms with E-state index >= 15 is 0 Å². The van der Waals surface area contributed by atoms with Crippen LogP contribution in [0.4, 0.5) is 0 Å². The van der Waals surface area contributed by atoms with E-state index in [-0.39, 0.29) is 22.8 Å². The molecule has 2 aromatic carbocycles. The van der Waals surface area contributed by atoms with Crippen molar-refractivity contribution in [3.05, 3.63) is 82.3 Å². The van der Waals surface area contributed by atoms with E-state index in [1.807, 2.05) is 0 Å². The molecule has 0 aromatic heterocycles. The minimum atomic E-state index is -1.54. The number of allylic oxidation sites excluding steroid dienone is 1. The first-order valence-corrected chi connectivity index (χ1v) is 9.14. The summed E-state index contributed by atoms with van der Waals surface area (Å²) in [6.45, 7) is 0. The number of carboxylic acids is 1. The van der Waals surface area contributed by atoms with Crippen LogP contribution in [0.5, 0.6) is 11.5 Å². The van der Waals surface area contributed by atoms with Crippen molar-refractivity contribution >= 4 is 23.5 Å². The summed E-state index contributed by atoms with van der Waals surface area (Å²) in [5, 5.41) is 28.5. The Hall–Kier alpha value is -3.45. The van der Waals surface area contributed by atoms with Crippen LogP contribution in [0.25, 0.3) is 0 Å². The predicted octanol–water partition coefficient (Wildman–Crippen LogP) is 3.22. The average molecular weight is 413 g/mol. The molecule has 3 aliphatic rings. The van der Waals surface area contributed by atoms with Gasteiger partial charge in [-0.05, 0) is 18.2 Å². The number of halogens is 1. The summed E-state index contributed by atoms with van der Waals surface area (Å²) in [7, 11) is 0. The van der Waals surface area contributed by atoms with Gasteiger partial charge in [0.15, 0.2) is 5.60 Å². The normalized spacial score (nSPS) is 26.8. The summed E-state index contributed by atoms with van der Waals surface area (Å²) < 4.78 is 11.7. The molecule has 1 aliphatic carbocycles. The zero-order valence-electron chi connectivity index (χ0n) is 14.6. The van der Waals surface area contributed by atoms with Crippen LogP contribution in [0.3, 0.4) is 0 Å². The Bertz CT molecular complexity index is 1170. The molecule has 0 fully saturated rings. The number of aromatic hydroxyl groups is 1. The van der Waals surface area contributed by atoms with E-state index in [1.165, 1.54) is 12.1 Å². The van der Waals surface area contributed by atoms with Crippen molar-refractivity contribution in [2.75, 3.05) is 0 Å². The molecule has 146 valence electrons. The molecule has 2 aromatic rings. The quantitative estimate of drug-likeness (QED) is 0.486. The van der Waals surface area contributed by atoms with Crippen LogP contribution in [0.1, 0.15) is 21.5 Å². The number of hydrogen-bond acceptors (Lipinski definition) is 6. The number of esters is 1. The minimum Gasteiger partial charge on any atom is -0.511 e. The maximum atomic E-state index is 12.7. The van der Waals surface area contributed by atoms with E-state index in [2.05, 4.69) is 0 Å². The number of aliphatic carboxylic acids is 1. The molecule has 0 bridgehead atoms. The molecule has 2 heterocycles. The fourth-order valence-electron chi connectivity index (χ4n) is 4.23. The predicted molar refractivity (Wildman–Crippen MR) is 99.9 cm³/mol. The number of phenols is 1. The van der Waals surface area contributed by atoms with E-state index in [4.69, 9.17) is 21.1 Å². The molecule has 2 aliphatic heterocycles. The van der Waals surface area contributed by atoms with Crippen LogP contribution < -0.4 is 4.74 Å². The standard InChI is InChI=1S/C21H13ClO7/c22-18-16(19(25)26)13(24)8-15-17(18)21(12-6-5-9(23)7-14(12)28-15)11-4-2-1-3-10(11)20(27)29-21/h1-8,16,18,23-24H,(H,25,26). The van der Waals surface area contributed by atoms with Gasteiger partial charge in [-0.3, -0.25) is 4.79 Å². The fourth-order valence-corrected chi connectivity index (χ4v) is 4.72. The zero-order chi connectivity index (χ0) is 20.5. The summed E-state index contributed by atoms with van der Waals surface area (Å²) in [5.41, 5.74) is -0.133. The number of rotatable bonds is 1. The third-order valence-corrected chi connectivity index (χ3v) is 5.88. The number of aliphatic hydroxyl groups is 1. The number of fused-ring (bicyclic) bond motifs is 5. The number of aliphatic hydroxyl groups excluding tert-OH is 1. The number of benzene rings is 2. The second-order valence-corrected chi connectivity index (χ2v) is 7.43. The maximum absolute atomic E-state index is 12.7. The highest BCUT2D eigenvalue weighted by atomic mass is 35.5. The van der Waals surface area contributed by atoms with Crippen molar-refractivity contribution in [1.82, 2.24) is 0 Å². The molecule has 7 nitrogen and oxygen atoms in total. The highest BCUT2D eigenvalue weighted by molar-refractivity contribution is 6.24. The van der Waals surface area contributed by atoms with Gasteiger partial charge in [-0.1, -0.05) is 18.2 Å². The summed E-state index contributed by atoms with van der Waals surface area (Å²) in [4.78, 5) is 24.5. The van der Waals surface area contributed by atoms with Gasteiger partial charge < -0.3 is 24.8 Å². The van der Waals surface area contributed by atoms with Crippen molar-refractivity contribution in [2.45, 2.75) is 11.0 Å². The van der Waals surface area contributed by atoms with Crippen LogP contribution in [-0.4, -0.2) is 32.6 Å². The van der Waals surface area contributed by atoms with Gasteiger partial charge in [-0.25, -0.2) is 4.79 Å². The number of ether oxygens (including phenoxy) is 2. The third kappa shape index (κ3) is 2.19. The molecule has 0 radical (unpaired) electrons. The van der Waals surface area contributed by atoms with Crippen molar-refractivity contribution in [3.8, 4) is 11.5 Å². The number of phenolic OH excluding ortho intramolecular Hbond substituents is 1. The van der Waals surface area contributed by atoms with Crippen molar-refractivity contribution in [2.24, 2.45) is 5.92 Å². The Morgan fingerprint density at radius 1 is 1.10 bits per heavy atom. The molecule has 0 amide bonds. The van der Waals surface area contributed by atoms with Crippen LogP contribution in [0.15, 0.2) is 65.6 Å². The lowest BCUT2D eigenvalue weighted by molar-refractivity contribution is -0.141. The van der Waals surface area contributed by atoms with Gasteiger partial charge in [-0.2, -0.15) is 0 Å². The van der Waals surface area contributed by atoms with Gasteiger partial charge in [0, 0.05) is 28.8 Å². The first-order chi connectivity index (χ1) is 13.8. The Morgan fingerprint density at radius 2 is 1.86 bits per heavy atom. The summed E-state index contributed by atoms with van der Waals surface area (Å²) in [5.74, 6) is -3.64. The molecule has 3 N–H and O–H groups in total. The molecule has 1 spiro atoms. The van der Waals surface area contributed by atoms with E-state index < -0.39 is 34.6 Å². The van der Waals surface area contributed by atoms with Gasteiger partial charge in [0.2, 0.25) is 0 Å². The summed E-state index contributed by atoms with van der Waals surface area (Å²) >= 11 is 6.57. The van der Waals surface area contributed by atoms with Gasteiger partial charge in [0.1, 0.15) is 28.9 Å². The third-order valence-electron chi connectivity index (χ3n) is 5.41. The van der Waals surface area contributed by atoms with Gasteiger partial charge in [0.05, 0.1) is 10.9 Å². The molecule has 0 saturated carbocycles. The molecule has 8 heteroatoms. The summed E-state index contributed by atoms with van der Waals surface area (Å²) in [6, 6.07) is 11.0. The topological polar surface area (TPSA) is 113 Å². The second-order valence-electron chi connectivity index (χ2n) is 6.96. The molecule has 3 atom stereocenters. The lowest BCUT2D eigenvalue weighted by Gasteiger charge is -2.42. The Labute approximate surface area is 169 Å². The van der Waals surface area contributed by atoms with Crippen LogP contribution in [0, 0.1) is 5.92 Å². The number of alkyl halides is 1. The molecule has 5 rings (SSSR count). The van der Waals surface area contributed by atoms with Crippen molar-refractivity contribution in [1.29, 1.82) is 0 Å². The Kier molecular flexibility index (Phi) is 3.51. The summed E-state index contributed by atoms with van der Waals surface area (Å²) in [6.07, 6.45) is 1.16. The monoisotopic (exact) mass is 412 g/mol. The first kappa shape index (κ1) is 17.6. The van der Waals surface area contributed by atoms with Gasteiger partial charge >= 0.3 is 11.9 Å². The van der Waals surface area contributed by atoms with Gasteiger partial charge in [0.25, 0.3) is 0 Å². The lowest BCUT2D eigenvalue weighted by Crippen LogP contribution is -2.44. The van der Waals surface area contributed by atoms with E-state index in [1.54, 1.807) is 30.3 Å². The van der Waals surface area contributed by atoms with Crippen molar-refractivity contribution < 1.29 is 34.4 Å². The number of carbonyl (C=O) groups excluding carboxylic acids is 1. The van der Waals surface area contributed by atoms with Crippen molar-refractivity contribution in [3.63, 3.8) is 0 Å². The Balaban J connectivity index is 1.87. The second kappa shape index (κ2) is 5.78. The van der Waals surface area contributed by atoms with E-state index in [0.717, 1.165) is 6.08 Å². The smallest absolute Gasteiger partial charge is 0.340 e. The average Bonchev–Trinajstić information content (AvgIpc) is 2.94. The Morgan fingerprint density at radius 3 is 2.62 bits per heavy atom. The number of carbonyl (C=O) groups is 2. The number of carboxylic acid groups (broad SMARTS) is 1. The highest BCUT2D eigenvalue weighted by Crippen LogP contribution is 2.57. The largest absolute Gasteiger partial charge is 0.511 e. The van der Waals surface area contributed by atoms with E-state index in [9.17, 15) is 24.9 Å². The first-order valence-electron chi connectivity index (χ1n) is 8.71. The zero-order valence-corrected chi connectivity index (χ0v) is 15.4. The van der Waals surface area contributed by atoms with E-state index in [0.29, 0.717) is 16.7 Å². The van der Waals surface area contributed by atoms with Crippen LogP contribution in [0.2, 0.25) is 0 Å². The minimum absolute atomic E-state index is 0.0719. The molecule has 29 heavy (non-hydrogen) atoms. The molecular weight excluding hydrogens is 400 g/mol. The molecular formula is C21H13ClO7. The fraction of sp³-hybridized carbons (Fsp3) is 0.143.